The van der Waals surface area contributed by atoms with Crippen molar-refractivity contribution in [1.29, 1.82) is 0 Å². The van der Waals surface area contributed by atoms with Crippen LogP contribution < -0.4 is 0 Å². The summed E-state index contributed by atoms with van der Waals surface area (Å²) in [5.41, 5.74) is 3.95. The van der Waals surface area contributed by atoms with Crippen molar-refractivity contribution in [3.8, 4) is 11.1 Å². The van der Waals surface area contributed by atoms with E-state index in [2.05, 4.69) is 35.7 Å². The minimum atomic E-state index is -0.296. The number of amides is 1. The first-order valence-corrected chi connectivity index (χ1v) is 9.98. The number of aromatic nitrogens is 1. The molecule has 2 heterocycles. The zero-order valence-corrected chi connectivity index (χ0v) is 16.7. The van der Waals surface area contributed by atoms with Gasteiger partial charge in [0.25, 0.3) is 5.91 Å². The summed E-state index contributed by atoms with van der Waals surface area (Å²) in [6.07, 6.45) is 2.82. The Bertz CT molecular complexity index is 851. The van der Waals surface area contributed by atoms with E-state index in [1.807, 2.05) is 24.4 Å². The third kappa shape index (κ3) is 4.50. The fourth-order valence-electron chi connectivity index (χ4n) is 3.17. The summed E-state index contributed by atoms with van der Waals surface area (Å²) in [5.74, 6) is -0.314. The SMILES string of the molecule is COC(=O)CCN1CCc2cc(-c3cccnc3SC(C)C)ccc2C1=O. The lowest BCUT2D eigenvalue weighted by atomic mass is 9.94. The lowest BCUT2D eigenvalue weighted by Gasteiger charge is -2.28. The van der Waals surface area contributed by atoms with E-state index in [4.69, 9.17) is 0 Å². The first kappa shape index (κ1) is 19.4. The smallest absolute Gasteiger partial charge is 0.307 e. The molecule has 1 aromatic carbocycles. The highest BCUT2D eigenvalue weighted by Crippen LogP contribution is 2.33. The van der Waals surface area contributed by atoms with Crippen molar-refractivity contribution in [1.82, 2.24) is 9.88 Å². The van der Waals surface area contributed by atoms with Crippen molar-refractivity contribution in [3.05, 3.63) is 47.7 Å². The van der Waals surface area contributed by atoms with Gasteiger partial charge in [-0.2, -0.15) is 0 Å². The molecule has 0 bridgehead atoms. The number of nitrogens with zero attached hydrogens (tertiary/aromatic N) is 2. The van der Waals surface area contributed by atoms with Crippen LogP contribution in [-0.2, 0) is 16.0 Å². The maximum absolute atomic E-state index is 12.7. The quantitative estimate of drug-likeness (QED) is 0.560. The molecular formula is C21H24N2O3S. The summed E-state index contributed by atoms with van der Waals surface area (Å²) < 4.78 is 4.66. The molecule has 1 aliphatic rings. The van der Waals surface area contributed by atoms with Crippen LogP contribution in [0.4, 0.5) is 0 Å². The number of esters is 1. The number of hydrogen-bond donors (Lipinski definition) is 0. The van der Waals surface area contributed by atoms with Crippen LogP contribution in [0.1, 0.15) is 36.2 Å². The Balaban J connectivity index is 1.83. The Hall–Kier alpha value is -2.34. The molecule has 142 valence electrons. The van der Waals surface area contributed by atoms with Crippen LogP contribution >= 0.6 is 11.8 Å². The molecule has 1 aromatic heterocycles. The number of benzene rings is 1. The van der Waals surface area contributed by atoms with E-state index < -0.39 is 0 Å². The monoisotopic (exact) mass is 384 g/mol. The third-order valence-electron chi connectivity index (χ3n) is 4.52. The summed E-state index contributed by atoms with van der Waals surface area (Å²) in [6, 6.07) is 10.0. The van der Waals surface area contributed by atoms with Crippen LogP contribution in [0.25, 0.3) is 11.1 Å². The summed E-state index contributed by atoms with van der Waals surface area (Å²) in [6.45, 7) is 5.31. The van der Waals surface area contributed by atoms with Gasteiger partial charge in [-0.25, -0.2) is 4.98 Å². The summed E-state index contributed by atoms with van der Waals surface area (Å²) in [7, 11) is 1.36. The predicted octanol–water partition coefficient (Wildman–Crippen LogP) is 3.81. The molecule has 2 aromatic rings. The van der Waals surface area contributed by atoms with Crippen molar-refractivity contribution in [2.75, 3.05) is 20.2 Å². The van der Waals surface area contributed by atoms with Crippen molar-refractivity contribution in [2.45, 2.75) is 37.0 Å². The fourth-order valence-corrected chi connectivity index (χ4v) is 4.05. The summed E-state index contributed by atoms with van der Waals surface area (Å²) in [5, 5.41) is 1.45. The number of hydrogen-bond acceptors (Lipinski definition) is 5. The van der Waals surface area contributed by atoms with E-state index in [1.165, 1.54) is 7.11 Å². The molecule has 0 radical (unpaired) electrons. The van der Waals surface area contributed by atoms with Gasteiger partial charge in [-0.3, -0.25) is 9.59 Å². The highest BCUT2D eigenvalue weighted by atomic mass is 32.2. The summed E-state index contributed by atoms with van der Waals surface area (Å²) >= 11 is 1.74. The minimum Gasteiger partial charge on any atom is -0.469 e. The van der Waals surface area contributed by atoms with Crippen LogP contribution in [0.3, 0.4) is 0 Å². The van der Waals surface area contributed by atoms with Gasteiger partial charge in [0.05, 0.1) is 13.5 Å². The fraction of sp³-hybridized carbons (Fsp3) is 0.381. The molecule has 6 heteroatoms. The molecule has 0 N–H and O–H groups in total. The molecule has 0 atom stereocenters. The zero-order valence-electron chi connectivity index (χ0n) is 15.9. The van der Waals surface area contributed by atoms with Crippen LogP contribution in [-0.4, -0.2) is 47.2 Å². The standard InChI is InChI=1S/C21H24N2O3S/c1-14(2)27-20-17(5-4-10-22-20)15-6-7-18-16(13-15)8-11-23(21(18)25)12-9-19(24)26-3/h4-7,10,13-14H,8-9,11-12H2,1-3H3. The van der Waals surface area contributed by atoms with E-state index in [-0.39, 0.29) is 18.3 Å². The average Bonchev–Trinajstić information content (AvgIpc) is 2.67. The molecule has 0 spiro atoms. The molecule has 1 aliphatic heterocycles. The lowest BCUT2D eigenvalue weighted by Crippen LogP contribution is -2.39. The van der Waals surface area contributed by atoms with Crippen LogP contribution in [0.15, 0.2) is 41.6 Å². The average molecular weight is 385 g/mol. The number of methoxy groups -OCH3 is 1. The van der Waals surface area contributed by atoms with E-state index in [0.717, 1.165) is 33.7 Å². The van der Waals surface area contributed by atoms with Gasteiger partial charge in [-0.1, -0.05) is 32.0 Å². The maximum Gasteiger partial charge on any atom is 0.307 e. The Kier molecular flexibility index (Phi) is 6.16. The largest absolute Gasteiger partial charge is 0.469 e. The molecule has 27 heavy (non-hydrogen) atoms. The highest BCUT2D eigenvalue weighted by Gasteiger charge is 2.25. The normalized spacial score (nSPS) is 13.6. The number of ether oxygens (including phenoxy) is 1. The Morgan fingerprint density at radius 3 is 2.85 bits per heavy atom. The first-order chi connectivity index (χ1) is 13.0. The number of thioether (sulfide) groups is 1. The van der Waals surface area contributed by atoms with Crippen molar-refractivity contribution in [2.24, 2.45) is 0 Å². The molecule has 0 fully saturated rings. The third-order valence-corrected chi connectivity index (χ3v) is 5.54. The number of fused-ring (bicyclic) bond motifs is 1. The molecule has 3 rings (SSSR count). The maximum atomic E-state index is 12.7. The van der Waals surface area contributed by atoms with Crippen LogP contribution in [0, 0.1) is 0 Å². The second-order valence-electron chi connectivity index (χ2n) is 6.76. The topological polar surface area (TPSA) is 59.5 Å². The Morgan fingerprint density at radius 1 is 1.30 bits per heavy atom. The molecule has 0 unspecified atom stereocenters. The summed E-state index contributed by atoms with van der Waals surface area (Å²) in [4.78, 5) is 30.3. The van der Waals surface area contributed by atoms with Gasteiger partial charge in [0.2, 0.25) is 0 Å². The lowest BCUT2D eigenvalue weighted by molar-refractivity contribution is -0.140. The Morgan fingerprint density at radius 2 is 2.11 bits per heavy atom. The minimum absolute atomic E-state index is 0.0188. The molecule has 1 amide bonds. The van der Waals surface area contributed by atoms with E-state index >= 15 is 0 Å². The zero-order chi connectivity index (χ0) is 19.4. The number of pyridine rings is 1. The van der Waals surface area contributed by atoms with Gasteiger partial charge in [0.15, 0.2) is 0 Å². The van der Waals surface area contributed by atoms with E-state index in [1.54, 1.807) is 16.7 Å². The van der Waals surface area contributed by atoms with Gasteiger partial charge in [-0.05, 0) is 29.7 Å². The van der Waals surface area contributed by atoms with Crippen molar-refractivity contribution < 1.29 is 14.3 Å². The molecule has 0 aliphatic carbocycles. The van der Waals surface area contributed by atoms with Gasteiger partial charge in [0, 0.05) is 35.7 Å². The number of carbonyl (C=O) groups is 2. The van der Waals surface area contributed by atoms with Gasteiger partial charge < -0.3 is 9.64 Å². The number of carbonyl (C=O) groups excluding carboxylic acids is 2. The van der Waals surface area contributed by atoms with E-state index in [0.29, 0.717) is 18.3 Å². The second-order valence-corrected chi connectivity index (χ2v) is 8.33. The number of rotatable bonds is 6. The molecule has 0 saturated heterocycles. The second kappa shape index (κ2) is 8.57. The molecule has 0 saturated carbocycles. The Labute approximate surface area is 164 Å². The first-order valence-electron chi connectivity index (χ1n) is 9.10. The van der Waals surface area contributed by atoms with Crippen LogP contribution in [0.2, 0.25) is 0 Å². The predicted molar refractivity (Wildman–Crippen MR) is 107 cm³/mol. The molecule has 5 nitrogen and oxygen atoms in total. The van der Waals surface area contributed by atoms with Crippen LogP contribution in [0.5, 0.6) is 0 Å². The van der Waals surface area contributed by atoms with E-state index in [9.17, 15) is 9.59 Å². The van der Waals surface area contributed by atoms with Gasteiger partial charge in [0.1, 0.15) is 5.03 Å². The van der Waals surface area contributed by atoms with Gasteiger partial charge in [-0.15, -0.1) is 11.8 Å². The van der Waals surface area contributed by atoms with Crippen molar-refractivity contribution in [3.63, 3.8) is 0 Å². The molecular weight excluding hydrogens is 360 g/mol. The van der Waals surface area contributed by atoms with Crippen molar-refractivity contribution >= 4 is 23.6 Å². The van der Waals surface area contributed by atoms with Gasteiger partial charge >= 0.3 is 5.97 Å². The highest BCUT2D eigenvalue weighted by molar-refractivity contribution is 7.99.